The van der Waals surface area contributed by atoms with Crippen LogP contribution in [0.4, 0.5) is 0 Å². The van der Waals surface area contributed by atoms with Gasteiger partial charge in [-0.1, -0.05) is 319 Å². The lowest BCUT2D eigenvalue weighted by atomic mass is 9.99. The number of aliphatic hydroxyl groups is 5. The summed E-state index contributed by atoms with van der Waals surface area (Å²) in [5, 5.41) is 54.5. The quantitative estimate of drug-likeness (QED) is 0.0195. The van der Waals surface area contributed by atoms with Gasteiger partial charge in [0.2, 0.25) is 5.91 Å². The summed E-state index contributed by atoms with van der Waals surface area (Å²) < 4.78 is 16.7. The third-order valence-electron chi connectivity index (χ3n) is 17.9. The van der Waals surface area contributed by atoms with E-state index in [-0.39, 0.29) is 18.5 Å². The molecule has 1 amide bonds. The van der Waals surface area contributed by atoms with Crippen LogP contribution in [-0.2, 0) is 23.8 Å². The highest BCUT2D eigenvalue weighted by molar-refractivity contribution is 5.76. The summed E-state index contributed by atoms with van der Waals surface area (Å²) in [6.45, 7) is 4.34. The molecule has 1 rings (SSSR count). The Morgan fingerprint density at radius 3 is 1.14 bits per heavy atom. The first kappa shape index (κ1) is 83.6. The van der Waals surface area contributed by atoms with Crippen LogP contribution in [0.2, 0.25) is 0 Å². The number of nitrogens with one attached hydrogen (secondary N) is 1. The topological polar surface area (TPSA) is 175 Å². The number of amides is 1. The Labute approximate surface area is 542 Å². The number of ether oxygens (including phenoxy) is 3. The summed E-state index contributed by atoms with van der Waals surface area (Å²) in [6, 6.07) is -0.833. The van der Waals surface area contributed by atoms with Gasteiger partial charge in [0.05, 0.1) is 32.0 Å². The van der Waals surface area contributed by atoms with E-state index in [2.05, 4.69) is 55.6 Å². The molecule has 0 bridgehead atoms. The van der Waals surface area contributed by atoms with Gasteiger partial charge >= 0.3 is 5.97 Å². The summed E-state index contributed by atoms with van der Waals surface area (Å²) in [6.07, 6.45) is 77.0. The second-order valence-corrected chi connectivity index (χ2v) is 26.3. The summed E-state index contributed by atoms with van der Waals surface area (Å²) in [7, 11) is 0. The highest BCUT2D eigenvalue weighted by Gasteiger charge is 2.44. The van der Waals surface area contributed by atoms with E-state index >= 15 is 0 Å². The molecule has 7 unspecified atom stereocenters. The molecule has 516 valence electrons. The van der Waals surface area contributed by atoms with Crippen molar-refractivity contribution in [1.29, 1.82) is 0 Å². The Bertz CT molecular complexity index is 1600. The first-order chi connectivity index (χ1) is 43.2. The molecule has 1 aliphatic rings. The van der Waals surface area contributed by atoms with Crippen LogP contribution in [0.5, 0.6) is 0 Å². The van der Waals surface area contributed by atoms with Crippen molar-refractivity contribution in [3.8, 4) is 0 Å². The Kier molecular flexibility index (Phi) is 62.8. The SMILES string of the molecule is CCCCCC/C=C/CC/C=C/CC/C=C/C(O)C(COC1OC(CO)C(O)C(O)C1O)NC(=O)CCCCCCCCCCCCCCCCCCC/C=C\CCCCCCCCCCCCCCCCOC(=O)CCCCCCCCCCCCC. The Morgan fingerprint density at radius 1 is 0.409 bits per heavy atom. The smallest absolute Gasteiger partial charge is 0.305 e. The summed E-state index contributed by atoms with van der Waals surface area (Å²) >= 11 is 0. The zero-order valence-electron chi connectivity index (χ0n) is 57.4. The highest BCUT2D eigenvalue weighted by Crippen LogP contribution is 2.23. The summed E-state index contributed by atoms with van der Waals surface area (Å²) in [5.41, 5.74) is 0. The fraction of sp³-hybridized carbons (Fsp3) is 0.870. The molecule has 0 radical (unpaired) electrons. The van der Waals surface area contributed by atoms with E-state index in [1.165, 1.54) is 276 Å². The molecular weight excluding hydrogens is 1100 g/mol. The Balaban J connectivity index is 1.95. The molecule has 7 atom stereocenters. The Morgan fingerprint density at radius 2 is 0.739 bits per heavy atom. The van der Waals surface area contributed by atoms with E-state index < -0.39 is 49.5 Å². The number of carbonyl (C=O) groups excluding carboxylic acids is 2. The number of aliphatic hydroxyl groups excluding tert-OH is 5. The second kappa shape index (κ2) is 66.1. The molecule has 1 heterocycles. The van der Waals surface area contributed by atoms with Crippen molar-refractivity contribution in [3.63, 3.8) is 0 Å². The first-order valence-corrected chi connectivity index (χ1v) is 37.9. The largest absolute Gasteiger partial charge is 0.466 e. The molecule has 0 spiro atoms. The summed E-state index contributed by atoms with van der Waals surface area (Å²) in [5.74, 6) is -0.179. The molecular formula is C77H143NO10. The highest BCUT2D eigenvalue weighted by atomic mass is 16.7. The number of rotatable bonds is 67. The van der Waals surface area contributed by atoms with Crippen LogP contribution in [0, 0.1) is 0 Å². The molecule has 0 aromatic heterocycles. The maximum Gasteiger partial charge on any atom is 0.305 e. The van der Waals surface area contributed by atoms with Crippen LogP contribution in [0.3, 0.4) is 0 Å². The standard InChI is InChI=1S/C77H143NO10/c1-3-5-7-9-11-13-15-16-40-44-47-51-55-59-63-70(80)69(68-87-77-76(85)75(84)74(83)71(67-79)88-77)78-72(81)64-60-56-52-48-45-41-38-36-34-32-30-28-26-24-22-20-18-17-19-21-23-25-27-29-31-33-35-37-39-42-46-50-54-58-62-66-86-73(82)65-61-57-53-49-43-14-12-10-8-6-4-2/h13,15,19,21,44,47,59,63,69-71,74-77,79-80,83-85H,3-12,14,16-18,20,22-43,45-46,48-58,60-62,64-68H2,1-2H3,(H,78,81)/b15-13+,21-19-,47-44+,63-59+. The molecule has 6 N–H and O–H groups in total. The van der Waals surface area contributed by atoms with Crippen molar-refractivity contribution in [2.24, 2.45) is 0 Å². The second-order valence-electron chi connectivity index (χ2n) is 26.3. The van der Waals surface area contributed by atoms with E-state index in [4.69, 9.17) is 14.2 Å². The number of esters is 1. The Hall–Kier alpha value is -2.38. The molecule has 0 aromatic carbocycles. The molecule has 0 aromatic rings. The number of hydrogen-bond acceptors (Lipinski definition) is 10. The average molecular weight is 1240 g/mol. The number of carbonyl (C=O) groups is 2. The third kappa shape index (κ3) is 54.2. The maximum absolute atomic E-state index is 13.1. The maximum atomic E-state index is 13.1. The molecule has 0 aliphatic carbocycles. The minimum Gasteiger partial charge on any atom is -0.466 e. The van der Waals surface area contributed by atoms with Crippen LogP contribution in [0.1, 0.15) is 367 Å². The first-order valence-electron chi connectivity index (χ1n) is 37.9. The average Bonchev–Trinajstić information content (AvgIpc) is 3.73. The number of unbranched alkanes of at least 4 members (excludes halogenated alkanes) is 47. The molecule has 11 heteroatoms. The van der Waals surface area contributed by atoms with E-state index in [0.29, 0.717) is 19.4 Å². The van der Waals surface area contributed by atoms with Crippen LogP contribution in [0.15, 0.2) is 48.6 Å². The van der Waals surface area contributed by atoms with Crippen LogP contribution >= 0.6 is 0 Å². The monoisotopic (exact) mass is 1240 g/mol. The molecule has 1 fully saturated rings. The van der Waals surface area contributed by atoms with Crippen LogP contribution < -0.4 is 5.32 Å². The van der Waals surface area contributed by atoms with Gasteiger partial charge in [-0.2, -0.15) is 0 Å². The van der Waals surface area contributed by atoms with E-state index in [9.17, 15) is 35.1 Å². The van der Waals surface area contributed by atoms with E-state index in [1.807, 2.05) is 6.08 Å². The lowest BCUT2D eigenvalue weighted by molar-refractivity contribution is -0.302. The number of hydrogen-bond donors (Lipinski definition) is 6. The van der Waals surface area contributed by atoms with Gasteiger partial charge in [-0.05, 0) is 83.5 Å². The van der Waals surface area contributed by atoms with E-state index in [1.54, 1.807) is 6.08 Å². The predicted octanol–water partition coefficient (Wildman–Crippen LogP) is 19.9. The van der Waals surface area contributed by atoms with Gasteiger partial charge in [0.15, 0.2) is 6.29 Å². The lowest BCUT2D eigenvalue weighted by Gasteiger charge is -2.40. The van der Waals surface area contributed by atoms with Crippen molar-refractivity contribution in [3.05, 3.63) is 48.6 Å². The van der Waals surface area contributed by atoms with E-state index in [0.717, 1.165) is 64.2 Å². The van der Waals surface area contributed by atoms with Crippen molar-refractivity contribution in [1.82, 2.24) is 5.32 Å². The molecule has 88 heavy (non-hydrogen) atoms. The summed E-state index contributed by atoms with van der Waals surface area (Å²) in [4.78, 5) is 25.1. The molecule has 0 saturated carbocycles. The predicted molar refractivity (Wildman–Crippen MR) is 370 cm³/mol. The van der Waals surface area contributed by atoms with Crippen molar-refractivity contribution in [2.45, 2.75) is 410 Å². The minimum absolute atomic E-state index is 0.0131. The van der Waals surface area contributed by atoms with Gasteiger partial charge in [-0.3, -0.25) is 9.59 Å². The van der Waals surface area contributed by atoms with Gasteiger partial charge in [0.25, 0.3) is 0 Å². The van der Waals surface area contributed by atoms with Gasteiger partial charge in [-0.15, -0.1) is 0 Å². The van der Waals surface area contributed by atoms with Gasteiger partial charge in [-0.25, -0.2) is 0 Å². The van der Waals surface area contributed by atoms with Gasteiger partial charge in [0.1, 0.15) is 24.4 Å². The van der Waals surface area contributed by atoms with Crippen molar-refractivity contribution < 1.29 is 49.3 Å². The fourth-order valence-electron chi connectivity index (χ4n) is 11.9. The third-order valence-corrected chi connectivity index (χ3v) is 17.9. The lowest BCUT2D eigenvalue weighted by Crippen LogP contribution is -2.60. The number of allylic oxidation sites excluding steroid dienone is 7. The van der Waals surface area contributed by atoms with Crippen molar-refractivity contribution >= 4 is 11.9 Å². The molecule has 1 saturated heterocycles. The fourth-order valence-corrected chi connectivity index (χ4v) is 11.9. The molecule has 1 aliphatic heterocycles. The van der Waals surface area contributed by atoms with Crippen LogP contribution in [0.25, 0.3) is 0 Å². The normalized spacial score (nSPS) is 18.0. The zero-order valence-corrected chi connectivity index (χ0v) is 57.4. The zero-order chi connectivity index (χ0) is 63.7. The van der Waals surface area contributed by atoms with Crippen LogP contribution in [-0.4, -0.2) is 100 Å². The van der Waals surface area contributed by atoms with Gasteiger partial charge in [0, 0.05) is 12.8 Å². The van der Waals surface area contributed by atoms with Gasteiger partial charge < -0.3 is 45.1 Å². The minimum atomic E-state index is -1.58. The molecule has 11 nitrogen and oxygen atoms in total. The van der Waals surface area contributed by atoms with Crippen molar-refractivity contribution in [2.75, 3.05) is 19.8 Å².